The predicted octanol–water partition coefficient (Wildman–Crippen LogP) is 0.331. The first-order chi connectivity index (χ1) is 9.91. The van der Waals surface area contributed by atoms with Crippen molar-refractivity contribution in [3.63, 3.8) is 0 Å². The first-order valence-electron chi connectivity index (χ1n) is 6.91. The molecule has 86 valence electrons. The molecule has 0 radical (unpaired) electrons. The van der Waals surface area contributed by atoms with Gasteiger partial charge in [0.15, 0.2) is 0 Å². The van der Waals surface area contributed by atoms with Crippen LogP contribution >= 0.6 is 0 Å². The molecule has 2 heterocycles. The maximum atomic E-state index is 10.1. The third kappa shape index (κ3) is 3.40. The van der Waals surface area contributed by atoms with Crippen molar-refractivity contribution in [2.45, 2.75) is 0 Å². The largest absolute Gasteiger partial charge is 0.396 e. The molecule has 16 heavy (non-hydrogen) atoms. The first kappa shape index (κ1) is 5.64. The van der Waals surface area contributed by atoms with Gasteiger partial charge in [0.05, 0.1) is 16.8 Å². The zero-order chi connectivity index (χ0) is 17.1. The second-order valence-corrected chi connectivity index (χ2v) is 2.62. The fourth-order valence-corrected chi connectivity index (χ4v) is 0.744. The molecule has 0 atom stereocenters. The Hall–Kier alpha value is -2.38. The summed E-state index contributed by atoms with van der Waals surface area (Å²) in [6, 6.07) is 0. The van der Waals surface area contributed by atoms with Crippen LogP contribution in [0.5, 0.6) is 0 Å². The van der Waals surface area contributed by atoms with Gasteiger partial charge in [0.25, 0.3) is 0 Å². The molecule has 2 aromatic heterocycles. The summed E-state index contributed by atoms with van der Waals surface area (Å²) in [5.74, 6) is 0. The highest BCUT2D eigenvalue weighted by Gasteiger charge is 2.05. The fourth-order valence-electron chi connectivity index (χ4n) is 0.744. The molecule has 0 unspecified atom stereocenters. The van der Waals surface area contributed by atoms with Gasteiger partial charge in [-0.2, -0.15) is 10.2 Å². The molecular formula is C8H12N6O2. The van der Waals surface area contributed by atoms with Gasteiger partial charge in [-0.25, -0.2) is 0 Å². The summed E-state index contributed by atoms with van der Waals surface area (Å²) in [7, 11) is 0. The van der Waals surface area contributed by atoms with E-state index in [-0.39, 0.29) is 5.69 Å². The van der Waals surface area contributed by atoms with E-state index in [1.54, 1.807) is 0 Å². The number of aryl methyl sites for hydroxylation is 2. The number of nitrogen functional groups attached to an aromatic ring is 1. The molecule has 2 N–H and O–H groups in total. The second-order valence-electron chi connectivity index (χ2n) is 2.62. The fraction of sp³-hybridized carbons (Fsp3) is 0.250. The van der Waals surface area contributed by atoms with Gasteiger partial charge in [-0.05, 0) is 0 Å². The van der Waals surface area contributed by atoms with Crippen LogP contribution in [0.2, 0.25) is 0 Å². The SMILES string of the molecule is [2H]C([2H])([2H])n1cc(N)cn1.[2H]C([2H])([2H])n1cc([N+](=O)[O-])cn1. The summed E-state index contributed by atoms with van der Waals surface area (Å²) < 4.78 is 42.5. The van der Waals surface area contributed by atoms with Gasteiger partial charge in [0.2, 0.25) is 0 Å². The van der Waals surface area contributed by atoms with Gasteiger partial charge in [-0.3, -0.25) is 19.5 Å². The third-order valence-corrected chi connectivity index (χ3v) is 1.38. The van der Waals surface area contributed by atoms with Crippen molar-refractivity contribution in [1.29, 1.82) is 0 Å². The van der Waals surface area contributed by atoms with E-state index in [4.69, 9.17) is 14.0 Å². The monoisotopic (exact) mass is 230 g/mol. The number of hydrogen-bond acceptors (Lipinski definition) is 5. The molecule has 0 aliphatic rings. The lowest BCUT2D eigenvalue weighted by molar-refractivity contribution is -0.384. The predicted molar refractivity (Wildman–Crippen MR) is 57.5 cm³/mol. The second kappa shape index (κ2) is 4.91. The van der Waals surface area contributed by atoms with E-state index in [1.807, 2.05) is 0 Å². The van der Waals surface area contributed by atoms with Crippen LogP contribution in [-0.2, 0) is 14.0 Å². The number of hydrogen-bond donors (Lipinski definition) is 1. The van der Waals surface area contributed by atoms with Gasteiger partial charge < -0.3 is 5.73 Å². The van der Waals surface area contributed by atoms with Crippen LogP contribution in [0.1, 0.15) is 8.22 Å². The van der Waals surface area contributed by atoms with Crippen LogP contribution in [0.25, 0.3) is 0 Å². The first-order valence-corrected chi connectivity index (χ1v) is 3.91. The Morgan fingerprint density at radius 1 is 1.38 bits per heavy atom. The molecule has 2 rings (SSSR count). The lowest BCUT2D eigenvalue weighted by atomic mass is 10.6. The number of nitro groups is 1. The molecule has 0 amide bonds. The van der Waals surface area contributed by atoms with Gasteiger partial charge in [-0.15, -0.1) is 0 Å². The molecule has 0 aromatic carbocycles. The minimum atomic E-state index is -2.45. The molecule has 0 bridgehead atoms. The summed E-state index contributed by atoms with van der Waals surface area (Å²) in [5.41, 5.74) is 5.27. The molecular weight excluding hydrogens is 212 g/mol. The van der Waals surface area contributed by atoms with Gasteiger partial charge in [-0.1, -0.05) is 0 Å². The van der Waals surface area contributed by atoms with E-state index >= 15 is 0 Å². The summed E-state index contributed by atoms with van der Waals surface area (Å²) in [4.78, 5) is 9.41. The minimum absolute atomic E-state index is 0.328. The number of nitrogens with zero attached hydrogens (tertiary/aromatic N) is 5. The molecule has 2 aromatic rings. The van der Waals surface area contributed by atoms with Crippen molar-refractivity contribution in [3.8, 4) is 0 Å². The minimum Gasteiger partial charge on any atom is -0.396 e. The molecule has 8 nitrogen and oxygen atoms in total. The molecule has 8 heteroatoms. The third-order valence-electron chi connectivity index (χ3n) is 1.38. The van der Waals surface area contributed by atoms with Crippen LogP contribution in [-0.4, -0.2) is 24.5 Å². The maximum Gasteiger partial charge on any atom is 0.306 e. The topological polar surface area (TPSA) is 105 Å². The van der Waals surface area contributed by atoms with E-state index in [1.165, 1.54) is 12.4 Å². The molecule has 0 aliphatic carbocycles. The molecule has 0 spiro atoms. The van der Waals surface area contributed by atoms with Crippen LogP contribution in [0.4, 0.5) is 11.4 Å². The Labute approximate surface area is 99.9 Å². The van der Waals surface area contributed by atoms with Gasteiger partial charge in [0.1, 0.15) is 12.4 Å². The van der Waals surface area contributed by atoms with Crippen LogP contribution in [0, 0.1) is 10.1 Å². The standard InChI is InChI=1S/C4H5N3O2.C4H7N3/c1-6-3-4(2-5-6)7(8)9;1-7-3-4(5)2-6-7/h2-3H,1H3;2-3H,5H2,1H3/i2*1D3. The van der Waals surface area contributed by atoms with Gasteiger partial charge in [0, 0.05) is 28.4 Å². The molecule has 0 saturated carbocycles. The maximum absolute atomic E-state index is 10.1. The Kier molecular flexibility index (Phi) is 1.73. The van der Waals surface area contributed by atoms with E-state index in [2.05, 4.69) is 10.2 Å². The van der Waals surface area contributed by atoms with E-state index in [0.717, 1.165) is 17.1 Å². The van der Waals surface area contributed by atoms with E-state index in [9.17, 15) is 10.1 Å². The Morgan fingerprint density at radius 3 is 2.31 bits per heavy atom. The lowest BCUT2D eigenvalue weighted by Gasteiger charge is -1.79. The highest BCUT2D eigenvalue weighted by molar-refractivity contribution is 5.30. The van der Waals surface area contributed by atoms with Crippen LogP contribution in [0.3, 0.4) is 0 Å². The highest BCUT2D eigenvalue weighted by atomic mass is 16.6. The number of nitrogens with two attached hydrogens (primary N) is 1. The highest BCUT2D eigenvalue weighted by Crippen LogP contribution is 2.05. The zero-order valence-corrected chi connectivity index (χ0v) is 7.94. The van der Waals surface area contributed by atoms with Gasteiger partial charge >= 0.3 is 5.69 Å². The zero-order valence-electron chi connectivity index (χ0n) is 13.9. The molecule has 0 fully saturated rings. The van der Waals surface area contributed by atoms with Crippen molar-refractivity contribution in [3.05, 3.63) is 34.9 Å². The normalized spacial score (nSPS) is 16.5. The Bertz CT molecular complexity index is 644. The van der Waals surface area contributed by atoms with E-state index < -0.39 is 18.9 Å². The number of anilines is 1. The van der Waals surface area contributed by atoms with Crippen LogP contribution in [0.15, 0.2) is 24.8 Å². The average molecular weight is 230 g/mol. The quantitative estimate of drug-likeness (QED) is 0.561. The van der Waals surface area contributed by atoms with Crippen molar-refractivity contribution >= 4 is 11.4 Å². The van der Waals surface area contributed by atoms with Crippen molar-refractivity contribution in [1.82, 2.24) is 19.6 Å². The summed E-state index contributed by atoms with van der Waals surface area (Å²) in [6.45, 7) is -4.66. The summed E-state index contributed by atoms with van der Waals surface area (Å²) >= 11 is 0. The van der Waals surface area contributed by atoms with E-state index in [0.29, 0.717) is 10.4 Å². The Morgan fingerprint density at radius 2 is 2.00 bits per heavy atom. The smallest absolute Gasteiger partial charge is 0.306 e. The average Bonchev–Trinajstić information content (AvgIpc) is 2.95. The van der Waals surface area contributed by atoms with Crippen molar-refractivity contribution in [2.75, 3.05) is 5.73 Å². The summed E-state index contributed by atoms with van der Waals surface area (Å²) in [5, 5.41) is 16.9. The Balaban J connectivity index is 0.000000224. The van der Waals surface area contributed by atoms with Crippen LogP contribution < -0.4 is 5.73 Å². The molecule has 0 saturated heterocycles. The lowest BCUT2D eigenvalue weighted by Crippen LogP contribution is -1.86. The summed E-state index contributed by atoms with van der Waals surface area (Å²) in [6.07, 6.45) is 4.33. The number of aromatic nitrogens is 4. The van der Waals surface area contributed by atoms with Crippen molar-refractivity contribution in [2.24, 2.45) is 14.0 Å². The van der Waals surface area contributed by atoms with Crippen molar-refractivity contribution < 1.29 is 13.1 Å². The number of rotatable bonds is 1. The molecule has 0 aliphatic heterocycles.